The monoisotopic (exact) mass is 202 g/mol. The minimum Gasteiger partial charge on any atom is -0.325 e. The molecule has 0 radical (unpaired) electrons. The Morgan fingerprint density at radius 2 is 2.33 bits per heavy atom. The molecule has 0 saturated heterocycles. The number of hydrogen-bond donors (Lipinski definition) is 1. The highest BCUT2D eigenvalue weighted by Crippen LogP contribution is 2.12. The molecule has 3 heteroatoms. The van der Waals surface area contributed by atoms with Gasteiger partial charge in [0.15, 0.2) is 0 Å². The molecule has 0 heterocycles. The summed E-state index contributed by atoms with van der Waals surface area (Å²) in [5.41, 5.74) is 1.83. The third-order valence-electron chi connectivity index (χ3n) is 2.17. The van der Waals surface area contributed by atoms with Crippen molar-refractivity contribution in [2.24, 2.45) is 5.92 Å². The molecular weight excluding hydrogens is 188 g/mol. The van der Waals surface area contributed by atoms with E-state index >= 15 is 0 Å². The SMILES string of the molecule is CCC(C#N)C(=O)Nc1cccc(C)c1. The van der Waals surface area contributed by atoms with Crippen LogP contribution in [0.1, 0.15) is 18.9 Å². The van der Waals surface area contributed by atoms with Gasteiger partial charge in [-0.05, 0) is 31.0 Å². The maximum atomic E-state index is 11.6. The maximum Gasteiger partial charge on any atom is 0.241 e. The normalized spacial score (nSPS) is 11.5. The molecule has 0 aliphatic carbocycles. The molecule has 1 aromatic carbocycles. The van der Waals surface area contributed by atoms with Crippen LogP contribution in [0.25, 0.3) is 0 Å². The summed E-state index contributed by atoms with van der Waals surface area (Å²) in [7, 11) is 0. The van der Waals surface area contributed by atoms with Crippen LogP contribution in [0, 0.1) is 24.2 Å². The van der Waals surface area contributed by atoms with Gasteiger partial charge in [-0.15, -0.1) is 0 Å². The van der Waals surface area contributed by atoms with Gasteiger partial charge in [0.05, 0.1) is 6.07 Å². The standard InChI is InChI=1S/C12H14N2O/c1-3-10(8-13)12(15)14-11-6-4-5-9(2)7-11/h4-7,10H,3H2,1-2H3,(H,14,15). The van der Waals surface area contributed by atoms with Crippen molar-refractivity contribution in [1.29, 1.82) is 5.26 Å². The molecular formula is C12H14N2O. The van der Waals surface area contributed by atoms with Gasteiger partial charge in [0, 0.05) is 5.69 Å². The number of nitriles is 1. The van der Waals surface area contributed by atoms with Crippen LogP contribution in [0.2, 0.25) is 0 Å². The van der Waals surface area contributed by atoms with E-state index in [4.69, 9.17) is 5.26 Å². The summed E-state index contributed by atoms with van der Waals surface area (Å²) in [6, 6.07) is 9.49. The number of carbonyl (C=O) groups is 1. The molecule has 1 unspecified atom stereocenters. The van der Waals surface area contributed by atoms with Gasteiger partial charge in [0.1, 0.15) is 5.92 Å². The Morgan fingerprint density at radius 3 is 2.87 bits per heavy atom. The molecule has 0 spiro atoms. The summed E-state index contributed by atoms with van der Waals surface area (Å²) >= 11 is 0. The van der Waals surface area contributed by atoms with Gasteiger partial charge in [-0.25, -0.2) is 0 Å². The van der Waals surface area contributed by atoms with Gasteiger partial charge < -0.3 is 5.32 Å². The fraction of sp³-hybridized carbons (Fsp3) is 0.333. The molecule has 1 aromatic rings. The first kappa shape index (κ1) is 11.3. The zero-order valence-electron chi connectivity index (χ0n) is 8.95. The first-order valence-electron chi connectivity index (χ1n) is 4.94. The number of nitrogens with one attached hydrogen (secondary N) is 1. The molecule has 1 amide bonds. The van der Waals surface area contributed by atoms with Crippen molar-refractivity contribution in [3.8, 4) is 6.07 Å². The smallest absolute Gasteiger partial charge is 0.241 e. The highest BCUT2D eigenvalue weighted by Gasteiger charge is 2.14. The van der Waals surface area contributed by atoms with Crippen molar-refractivity contribution < 1.29 is 4.79 Å². The molecule has 78 valence electrons. The third-order valence-corrected chi connectivity index (χ3v) is 2.17. The molecule has 0 bridgehead atoms. The van der Waals surface area contributed by atoms with Crippen molar-refractivity contribution >= 4 is 11.6 Å². The van der Waals surface area contributed by atoms with E-state index in [2.05, 4.69) is 5.32 Å². The quantitative estimate of drug-likeness (QED) is 0.818. The molecule has 0 aliphatic heterocycles. The Labute approximate surface area is 89.7 Å². The van der Waals surface area contributed by atoms with Gasteiger partial charge in [-0.3, -0.25) is 4.79 Å². The summed E-state index contributed by atoms with van der Waals surface area (Å²) in [6.45, 7) is 3.78. The molecule has 0 aliphatic rings. The predicted molar refractivity (Wildman–Crippen MR) is 59.2 cm³/mol. The summed E-state index contributed by atoms with van der Waals surface area (Å²) < 4.78 is 0. The van der Waals surface area contributed by atoms with Gasteiger partial charge in [-0.1, -0.05) is 19.1 Å². The average molecular weight is 202 g/mol. The van der Waals surface area contributed by atoms with Gasteiger partial charge >= 0.3 is 0 Å². The van der Waals surface area contributed by atoms with Crippen LogP contribution in [0.4, 0.5) is 5.69 Å². The highest BCUT2D eigenvalue weighted by atomic mass is 16.1. The Bertz CT molecular complexity index is 393. The van der Waals surface area contributed by atoms with Crippen LogP contribution in [-0.4, -0.2) is 5.91 Å². The Balaban J connectivity index is 2.71. The minimum absolute atomic E-state index is 0.231. The topological polar surface area (TPSA) is 52.9 Å². The largest absolute Gasteiger partial charge is 0.325 e. The predicted octanol–water partition coefficient (Wildman–Crippen LogP) is 2.48. The number of benzene rings is 1. The number of nitrogens with zero attached hydrogens (tertiary/aromatic N) is 1. The van der Waals surface area contributed by atoms with Crippen molar-refractivity contribution in [3.05, 3.63) is 29.8 Å². The van der Waals surface area contributed by atoms with Crippen molar-refractivity contribution in [3.63, 3.8) is 0 Å². The van der Waals surface area contributed by atoms with E-state index in [1.54, 1.807) is 0 Å². The van der Waals surface area contributed by atoms with Crippen molar-refractivity contribution in [2.75, 3.05) is 5.32 Å². The second-order valence-electron chi connectivity index (χ2n) is 3.45. The number of rotatable bonds is 3. The Kier molecular flexibility index (Phi) is 3.87. The van der Waals surface area contributed by atoms with Gasteiger partial charge in [0.2, 0.25) is 5.91 Å². The molecule has 1 N–H and O–H groups in total. The van der Waals surface area contributed by atoms with E-state index in [1.807, 2.05) is 44.2 Å². The first-order valence-corrected chi connectivity index (χ1v) is 4.94. The summed E-state index contributed by atoms with van der Waals surface area (Å²) in [6.07, 6.45) is 0.536. The van der Waals surface area contributed by atoms with Crippen LogP contribution >= 0.6 is 0 Å². The van der Waals surface area contributed by atoms with Crippen molar-refractivity contribution in [2.45, 2.75) is 20.3 Å². The molecule has 3 nitrogen and oxygen atoms in total. The average Bonchev–Trinajstić information content (AvgIpc) is 2.19. The number of aryl methyl sites for hydroxylation is 1. The van der Waals surface area contributed by atoms with E-state index in [-0.39, 0.29) is 5.91 Å². The second-order valence-corrected chi connectivity index (χ2v) is 3.45. The lowest BCUT2D eigenvalue weighted by Crippen LogP contribution is -2.20. The van der Waals surface area contributed by atoms with E-state index in [0.717, 1.165) is 11.3 Å². The molecule has 0 aromatic heterocycles. The summed E-state index contributed by atoms with van der Waals surface area (Å²) in [5, 5.41) is 11.4. The third kappa shape index (κ3) is 3.10. The molecule has 0 saturated carbocycles. The maximum absolute atomic E-state index is 11.6. The fourth-order valence-electron chi connectivity index (χ4n) is 1.29. The zero-order chi connectivity index (χ0) is 11.3. The van der Waals surface area contributed by atoms with Crippen LogP contribution in [0.3, 0.4) is 0 Å². The lowest BCUT2D eigenvalue weighted by Gasteiger charge is -2.08. The highest BCUT2D eigenvalue weighted by molar-refractivity contribution is 5.94. The molecule has 1 atom stereocenters. The van der Waals surface area contributed by atoms with Crippen LogP contribution in [-0.2, 0) is 4.79 Å². The van der Waals surface area contributed by atoms with Crippen LogP contribution in [0.5, 0.6) is 0 Å². The van der Waals surface area contributed by atoms with E-state index < -0.39 is 5.92 Å². The lowest BCUT2D eigenvalue weighted by atomic mass is 10.1. The van der Waals surface area contributed by atoms with Gasteiger partial charge in [-0.2, -0.15) is 5.26 Å². The van der Waals surface area contributed by atoms with E-state index in [9.17, 15) is 4.79 Å². The number of amides is 1. The van der Waals surface area contributed by atoms with Gasteiger partial charge in [0.25, 0.3) is 0 Å². The fourth-order valence-corrected chi connectivity index (χ4v) is 1.29. The van der Waals surface area contributed by atoms with Crippen LogP contribution in [0.15, 0.2) is 24.3 Å². The van der Waals surface area contributed by atoms with E-state index in [0.29, 0.717) is 6.42 Å². The lowest BCUT2D eigenvalue weighted by molar-refractivity contribution is -0.118. The molecule has 1 rings (SSSR count). The summed E-state index contributed by atoms with van der Waals surface area (Å²) in [5.74, 6) is -0.795. The van der Waals surface area contributed by atoms with Crippen LogP contribution < -0.4 is 5.32 Å². The number of carbonyl (C=O) groups excluding carboxylic acids is 1. The second kappa shape index (κ2) is 5.16. The minimum atomic E-state index is -0.564. The molecule has 0 fully saturated rings. The molecule has 15 heavy (non-hydrogen) atoms. The zero-order valence-corrected chi connectivity index (χ0v) is 8.95. The number of hydrogen-bond acceptors (Lipinski definition) is 2. The Morgan fingerprint density at radius 1 is 1.60 bits per heavy atom. The van der Waals surface area contributed by atoms with Crippen molar-refractivity contribution in [1.82, 2.24) is 0 Å². The number of anilines is 1. The first-order chi connectivity index (χ1) is 7.17. The summed E-state index contributed by atoms with van der Waals surface area (Å²) in [4.78, 5) is 11.6. The Hall–Kier alpha value is -1.82. The van der Waals surface area contributed by atoms with E-state index in [1.165, 1.54) is 0 Å².